The average Bonchev–Trinajstić information content (AvgIpc) is 2.11. The van der Waals surface area contributed by atoms with E-state index in [-0.39, 0.29) is 11.3 Å². The van der Waals surface area contributed by atoms with Gasteiger partial charge in [-0.05, 0) is 11.3 Å². The Morgan fingerprint density at radius 1 is 1.50 bits per heavy atom. The molecule has 14 heavy (non-hydrogen) atoms. The van der Waals surface area contributed by atoms with Crippen LogP contribution in [0.5, 0.6) is 0 Å². The number of nitrogens with zero attached hydrogens (tertiary/aromatic N) is 1. The summed E-state index contributed by atoms with van der Waals surface area (Å²) in [6, 6.07) is 0. The minimum atomic E-state index is 0.278. The quantitative estimate of drug-likeness (QED) is 0.200. The molecule has 0 aliphatic heterocycles. The fourth-order valence-corrected chi connectivity index (χ4v) is 0.881. The first-order valence-corrected chi connectivity index (χ1v) is 5.07. The van der Waals surface area contributed by atoms with Gasteiger partial charge in [-0.25, -0.2) is 0 Å². The van der Waals surface area contributed by atoms with Gasteiger partial charge in [-0.3, -0.25) is 0 Å². The second kappa shape index (κ2) is 5.86. The second-order valence-corrected chi connectivity index (χ2v) is 4.66. The Balaban J connectivity index is 3.64. The predicted molar refractivity (Wildman–Crippen MR) is 59.5 cm³/mol. The molecule has 0 spiro atoms. The topological polar surface area (TPSA) is 70.6 Å². The van der Waals surface area contributed by atoms with Crippen molar-refractivity contribution in [2.24, 2.45) is 22.2 Å². The van der Waals surface area contributed by atoms with E-state index in [2.05, 4.69) is 38.2 Å². The zero-order valence-corrected chi connectivity index (χ0v) is 9.67. The summed E-state index contributed by atoms with van der Waals surface area (Å²) in [4.78, 5) is 0. The van der Waals surface area contributed by atoms with Crippen LogP contribution in [0.3, 0.4) is 0 Å². The number of hydrogen-bond donors (Lipinski definition) is 3. The van der Waals surface area contributed by atoms with Crippen LogP contribution < -0.4 is 11.1 Å². The second-order valence-electron chi connectivity index (χ2n) is 4.66. The molecule has 4 N–H and O–H groups in total. The van der Waals surface area contributed by atoms with E-state index in [1.807, 2.05) is 0 Å². The number of amidine groups is 1. The lowest BCUT2D eigenvalue weighted by Crippen LogP contribution is -2.35. The van der Waals surface area contributed by atoms with Crippen molar-refractivity contribution in [3.05, 3.63) is 0 Å². The Morgan fingerprint density at radius 3 is 2.50 bits per heavy atom. The molecule has 0 aliphatic carbocycles. The summed E-state index contributed by atoms with van der Waals surface area (Å²) in [7, 11) is 0. The normalized spacial score (nSPS) is 13.6. The molecule has 0 aromatic heterocycles. The van der Waals surface area contributed by atoms with Gasteiger partial charge in [0.1, 0.15) is 5.84 Å². The van der Waals surface area contributed by atoms with E-state index >= 15 is 0 Å². The van der Waals surface area contributed by atoms with Crippen molar-refractivity contribution in [1.82, 2.24) is 5.32 Å². The molecule has 0 fully saturated rings. The third-order valence-electron chi connectivity index (χ3n) is 2.83. The zero-order valence-electron chi connectivity index (χ0n) is 9.67. The van der Waals surface area contributed by atoms with Gasteiger partial charge in [0.15, 0.2) is 0 Å². The van der Waals surface area contributed by atoms with Gasteiger partial charge in [0, 0.05) is 19.5 Å². The van der Waals surface area contributed by atoms with Crippen LogP contribution in [0.25, 0.3) is 0 Å². The lowest BCUT2D eigenvalue weighted by molar-refractivity contribution is 0.239. The van der Waals surface area contributed by atoms with E-state index in [4.69, 9.17) is 10.9 Å². The Labute approximate surface area is 86.6 Å². The first kappa shape index (κ1) is 13.2. The highest BCUT2D eigenvalue weighted by atomic mass is 16.4. The first-order chi connectivity index (χ1) is 6.40. The van der Waals surface area contributed by atoms with Crippen molar-refractivity contribution >= 4 is 5.84 Å². The molecule has 0 radical (unpaired) electrons. The lowest BCUT2D eigenvalue weighted by atomic mass is 9.81. The summed E-state index contributed by atoms with van der Waals surface area (Å²) in [6.07, 6.45) is 0.588. The van der Waals surface area contributed by atoms with Crippen molar-refractivity contribution < 1.29 is 5.21 Å². The standard InChI is InChI=1S/C10H23N3O/c1-8(2)10(3,4)7-12-6-5-9(11)13-14/h8,12,14H,5-7H2,1-4H3,(H2,11,13). The van der Waals surface area contributed by atoms with Crippen molar-refractivity contribution in [1.29, 1.82) is 0 Å². The fourth-order valence-electron chi connectivity index (χ4n) is 0.881. The minimum absolute atomic E-state index is 0.278. The highest BCUT2D eigenvalue weighted by molar-refractivity contribution is 5.79. The largest absolute Gasteiger partial charge is 0.409 e. The molecule has 84 valence electrons. The van der Waals surface area contributed by atoms with Gasteiger partial charge in [0.25, 0.3) is 0 Å². The highest BCUT2D eigenvalue weighted by Crippen LogP contribution is 2.24. The van der Waals surface area contributed by atoms with Gasteiger partial charge in [-0.15, -0.1) is 0 Å². The molecule has 0 saturated heterocycles. The molecule has 0 unspecified atom stereocenters. The Kier molecular flexibility index (Phi) is 5.53. The van der Waals surface area contributed by atoms with E-state index < -0.39 is 0 Å². The molecule has 0 aromatic carbocycles. The fraction of sp³-hybridized carbons (Fsp3) is 0.900. The SMILES string of the molecule is CC(C)C(C)(C)CNCCC(N)=NO. The van der Waals surface area contributed by atoms with Crippen molar-refractivity contribution in [3.8, 4) is 0 Å². The van der Waals surface area contributed by atoms with Gasteiger partial charge in [-0.2, -0.15) is 0 Å². The molecule has 4 nitrogen and oxygen atoms in total. The lowest BCUT2D eigenvalue weighted by Gasteiger charge is -2.29. The molecule has 0 bridgehead atoms. The van der Waals surface area contributed by atoms with Crippen molar-refractivity contribution in [3.63, 3.8) is 0 Å². The summed E-state index contributed by atoms with van der Waals surface area (Å²) in [5, 5.41) is 14.5. The first-order valence-electron chi connectivity index (χ1n) is 5.07. The van der Waals surface area contributed by atoms with Crippen LogP contribution in [0.2, 0.25) is 0 Å². The van der Waals surface area contributed by atoms with E-state index in [1.165, 1.54) is 0 Å². The van der Waals surface area contributed by atoms with E-state index in [0.717, 1.165) is 13.1 Å². The van der Waals surface area contributed by atoms with E-state index in [0.29, 0.717) is 12.3 Å². The third kappa shape index (κ3) is 5.07. The minimum Gasteiger partial charge on any atom is -0.409 e. The number of nitrogens with two attached hydrogens (primary N) is 1. The molecule has 4 heteroatoms. The smallest absolute Gasteiger partial charge is 0.140 e. The molecule has 0 amide bonds. The Morgan fingerprint density at radius 2 is 2.07 bits per heavy atom. The van der Waals surface area contributed by atoms with Gasteiger partial charge in [0.05, 0.1) is 0 Å². The Bertz CT molecular complexity index is 188. The van der Waals surface area contributed by atoms with Crippen LogP contribution in [0, 0.1) is 11.3 Å². The van der Waals surface area contributed by atoms with Gasteiger partial charge >= 0.3 is 0 Å². The Hall–Kier alpha value is -0.770. The summed E-state index contributed by atoms with van der Waals surface area (Å²) in [5.74, 6) is 0.915. The van der Waals surface area contributed by atoms with Crippen molar-refractivity contribution in [2.75, 3.05) is 13.1 Å². The third-order valence-corrected chi connectivity index (χ3v) is 2.83. The molecular weight excluding hydrogens is 178 g/mol. The van der Waals surface area contributed by atoms with Gasteiger partial charge in [0.2, 0.25) is 0 Å². The monoisotopic (exact) mass is 201 g/mol. The van der Waals surface area contributed by atoms with Crippen LogP contribution in [0.15, 0.2) is 5.16 Å². The van der Waals surface area contributed by atoms with E-state index in [1.54, 1.807) is 0 Å². The molecule has 0 rings (SSSR count). The molecule has 0 aromatic rings. The maximum absolute atomic E-state index is 8.32. The summed E-state index contributed by atoms with van der Waals surface area (Å²) in [6.45, 7) is 10.6. The maximum Gasteiger partial charge on any atom is 0.140 e. The highest BCUT2D eigenvalue weighted by Gasteiger charge is 2.21. The average molecular weight is 201 g/mol. The van der Waals surface area contributed by atoms with Crippen LogP contribution in [-0.4, -0.2) is 24.1 Å². The number of rotatable bonds is 6. The predicted octanol–water partition coefficient (Wildman–Crippen LogP) is 1.39. The van der Waals surface area contributed by atoms with E-state index in [9.17, 15) is 0 Å². The number of hydrogen-bond acceptors (Lipinski definition) is 3. The maximum atomic E-state index is 8.32. The molecule has 0 saturated carbocycles. The van der Waals surface area contributed by atoms with Crippen LogP contribution >= 0.6 is 0 Å². The molecule has 0 atom stereocenters. The van der Waals surface area contributed by atoms with Crippen LogP contribution in [0.1, 0.15) is 34.1 Å². The van der Waals surface area contributed by atoms with Crippen LogP contribution in [-0.2, 0) is 0 Å². The number of nitrogens with one attached hydrogen (secondary N) is 1. The van der Waals surface area contributed by atoms with Crippen LogP contribution in [0.4, 0.5) is 0 Å². The summed E-state index contributed by atoms with van der Waals surface area (Å²) >= 11 is 0. The zero-order chi connectivity index (χ0) is 11.2. The molecular formula is C10H23N3O. The summed E-state index contributed by atoms with van der Waals surface area (Å²) in [5.41, 5.74) is 5.63. The molecule has 0 aliphatic rings. The number of oxime groups is 1. The molecule has 0 heterocycles. The van der Waals surface area contributed by atoms with Gasteiger partial charge in [-0.1, -0.05) is 32.9 Å². The summed E-state index contributed by atoms with van der Waals surface area (Å²) < 4.78 is 0. The van der Waals surface area contributed by atoms with Crippen molar-refractivity contribution in [2.45, 2.75) is 34.1 Å². The van der Waals surface area contributed by atoms with Gasteiger partial charge < -0.3 is 16.3 Å².